The van der Waals surface area contributed by atoms with Gasteiger partial charge in [0.05, 0.1) is 11.6 Å². The van der Waals surface area contributed by atoms with E-state index in [9.17, 15) is 4.79 Å². The molecule has 0 aromatic rings. The van der Waals surface area contributed by atoms with Gasteiger partial charge in [-0.15, -0.1) is 0 Å². The first kappa shape index (κ1) is 16.9. The smallest absolute Gasteiger partial charge is 0.200 e. The van der Waals surface area contributed by atoms with E-state index in [1.807, 2.05) is 20.8 Å². The molecule has 1 saturated heterocycles. The predicted octanol–water partition coefficient (Wildman–Crippen LogP) is 3.25. The molecule has 2 aliphatic rings. The Morgan fingerprint density at radius 2 is 1.95 bits per heavy atom. The summed E-state index contributed by atoms with van der Waals surface area (Å²) in [4.78, 5) is 12.7. The molecule has 1 aliphatic carbocycles. The van der Waals surface area contributed by atoms with E-state index in [-0.39, 0.29) is 30.1 Å². The molecule has 4 unspecified atom stereocenters. The molecule has 0 spiro atoms. The Bertz CT molecular complexity index is 358. The van der Waals surface area contributed by atoms with Gasteiger partial charge in [0, 0.05) is 5.92 Å². The summed E-state index contributed by atoms with van der Waals surface area (Å²) in [6, 6.07) is -0.100. The van der Waals surface area contributed by atoms with E-state index in [4.69, 9.17) is 9.47 Å². The highest BCUT2D eigenvalue weighted by atomic mass is 16.8. The zero-order valence-corrected chi connectivity index (χ0v) is 14.1. The third kappa shape index (κ3) is 4.76. The van der Waals surface area contributed by atoms with Gasteiger partial charge in [-0.2, -0.15) is 0 Å². The number of Topliss-reactive ketones (excluding diaryl/α,β-unsaturated/α-hetero) is 1. The minimum absolute atomic E-state index is 0.100. The minimum Gasteiger partial charge on any atom is -0.343 e. The molecule has 1 N–H and O–H groups in total. The van der Waals surface area contributed by atoms with Crippen molar-refractivity contribution in [2.24, 2.45) is 11.8 Å². The monoisotopic (exact) mass is 297 g/mol. The van der Waals surface area contributed by atoms with E-state index in [0.29, 0.717) is 11.7 Å². The highest BCUT2D eigenvalue weighted by Gasteiger charge is 2.46. The third-order valence-electron chi connectivity index (χ3n) is 4.54. The second kappa shape index (κ2) is 6.76. The molecule has 21 heavy (non-hydrogen) atoms. The van der Waals surface area contributed by atoms with Gasteiger partial charge in [0.25, 0.3) is 0 Å². The lowest BCUT2D eigenvalue weighted by Gasteiger charge is -2.25. The summed E-state index contributed by atoms with van der Waals surface area (Å²) in [5, 5.41) is 3.39. The van der Waals surface area contributed by atoms with Crippen LogP contribution in [0.25, 0.3) is 0 Å². The lowest BCUT2D eigenvalue weighted by atomic mass is 9.88. The van der Waals surface area contributed by atoms with Crippen molar-refractivity contribution in [1.29, 1.82) is 0 Å². The molecule has 0 radical (unpaired) electrons. The van der Waals surface area contributed by atoms with E-state index in [0.717, 1.165) is 19.3 Å². The van der Waals surface area contributed by atoms with E-state index in [2.05, 4.69) is 19.2 Å². The quantitative estimate of drug-likeness (QED) is 0.733. The van der Waals surface area contributed by atoms with Crippen molar-refractivity contribution in [3.63, 3.8) is 0 Å². The van der Waals surface area contributed by atoms with Gasteiger partial charge < -0.3 is 9.47 Å². The first-order chi connectivity index (χ1) is 9.81. The first-order valence-electron chi connectivity index (χ1n) is 8.45. The molecule has 4 atom stereocenters. The fourth-order valence-electron chi connectivity index (χ4n) is 3.06. The fraction of sp³-hybridized carbons (Fsp3) is 0.941. The van der Waals surface area contributed by atoms with Crippen molar-refractivity contribution in [2.75, 3.05) is 0 Å². The van der Waals surface area contributed by atoms with Crippen molar-refractivity contribution in [3.05, 3.63) is 0 Å². The fourth-order valence-corrected chi connectivity index (χ4v) is 3.06. The first-order valence-corrected chi connectivity index (χ1v) is 8.45. The van der Waals surface area contributed by atoms with Gasteiger partial charge >= 0.3 is 0 Å². The summed E-state index contributed by atoms with van der Waals surface area (Å²) in [7, 11) is 0. The number of hydrogen-bond acceptors (Lipinski definition) is 4. The van der Waals surface area contributed by atoms with E-state index in [1.165, 1.54) is 12.8 Å². The highest BCUT2D eigenvalue weighted by molar-refractivity contribution is 5.86. The molecule has 1 saturated carbocycles. The van der Waals surface area contributed by atoms with Crippen LogP contribution in [-0.4, -0.2) is 29.9 Å². The van der Waals surface area contributed by atoms with E-state index >= 15 is 0 Å². The Balaban J connectivity index is 1.90. The maximum atomic E-state index is 12.7. The molecule has 0 amide bonds. The van der Waals surface area contributed by atoms with Crippen LogP contribution in [0.4, 0.5) is 0 Å². The lowest BCUT2D eigenvalue weighted by molar-refractivity contribution is -0.126. The molecule has 0 aromatic heterocycles. The van der Waals surface area contributed by atoms with Gasteiger partial charge in [0.2, 0.25) is 0 Å². The number of ether oxygens (including phenoxy) is 2. The van der Waals surface area contributed by atoms with Crippen LogP contribution in [0, 0.1) is 11.8 Å². The van der Waals surface area contributed by atoms with Crippen molar-refractivity contribution < 1.29 is 14.3 Å². The number of epoxide rings is 1. The number of ketones is 1. The largest absolute Gasteiger partial charge is 0.343 e. The Morgan fingerprint density at radius 1 is 1.33 bits per heavy atom. The van der Waals surface area contributed by atoms with Gasteiger partial charge in [0.1, 0.15) is 0 Å². The van der Waals surface area contributed by atoms with Crippen LogP contribution in [0.2, 0.25) is 0 Å². The van der Waals surface area contributed by atoms with Crippen molar-refractivity contribution in [1.82, 2.24) is 5.32 Å². The molecule has 0 bridgehead atoms. The average molecular weight is 297 g/mol. The van der Waals surface area contributed by atoms with Crippen LogP contribution in [0.15, 0.2) is 0 Å². The molecular formula is C17H31NO3. The minimum atomic E-state index is -0.220. The van der Waals surface area contributed by atoms with Gasteiger partial charge in [0.15, 0.2) is 18.3 Å². The van der Waals surface area contributed by atoms with E-state index < -0.39 is 0 Å². The van der Waals surface area contributed by atoms with Crippen LogP contribution in [0.5, 0.6) is 0 Å². The van der Waals surface area contributed by atoms with Gasteiger partial charge in [-0.05, 0) is 39.5 Å². The number of rotatable bonds is 7. The summed E-state index contributed by atoms with van der Waals surface area (Å²) in [6.07, 6.45) is 5.15. The Hall–Kier alpha value is -0.450. The van der Waals surface area contributed by atoms with Gasteiger partial charge in [-0.3, -0.25) is 10.1 Å². The van der Waals surface area contributed by atoms with Crippen LogP contribution < -0.4 is 5.32 Å². The summed E-state index contributed by atoms with van der Waals surface area (Å²) in [5.41, 5.74) is -0.220. The molecule has 0 aromatic carbocycles. The zero-order valence-electron chi connectivity index (χ0n) is 14.1. The Kier molecular flexibility index (Phi) is 5.44. The second-order valence-electron chi connectivity index (χ2n) is 7.57. The maximum absolute atomic E-state index is 12.7. The molecule has 2 fully saturated rings. The number of carbonyl (C=O) groups excluding carboxylic acids is 1. The van der Waals surface area contributed by atoms with Crippen molar-refractivity contribution >= 4 is 5.78 Å². The van der Waals surface area contributed by atoms with Crippen LogP contribution in [0.3, 0.4) is 0 Å². The normalized spacial score (nSPS) is 29.4. The number of nitrogens with one attached hydrogen (secondary N) is 1. The van der Waals surface area contributed by atoms with Crippen molar-refractivity contribution in [2.45, 2.75) is 90.9 Å². The topological polar surface area (TPSA) is 50.9 Å². The van der Waals surface area contributed by atoms with Gasteiger partial charge in [-0.1, -0.05) is 33.1 Å². The molecule has 4 heteroatoms. The standard InChI is InChI=1S/C17H31NO3/c1-6-11(2)13(14(19)12-9-7-8-10-12)18-15-16(20-15)21-17(3,4)5/h11-13,15-16,18H,6-10H2,1-5H3. The Morgan fingerprint density at radius 3 is 2.48 bits per heavy atom. The zero-order chi connectivity index (χ0) is 15.6. The van der Waals surface area contributed by atoms with Crippen LogP contribution in [-0.2, 0) is 14.3 Å². The molecule has 1 heterocycles. The highest BCUT2D eigenvalue weighted by Crippen LogP contribution is 2.31. The summed E-state index contributed by atoms with van der Waals surface area (Å²) < 4.78 is 11.3. The molecule has 1 aliphatic heterocycles. The number of hydrogen-bond donors (Lipinski definition) is 1. The maximum Gasteiger partial charge on any atom is 0.200 e. The number of carbonyl (C=O) groups is 1. The molecular weight excluding hydrogens is 266 g/mol. The Labute approximate surface area is 129 Å². The summed E-state index contributed by atoms with van der Waals surface area (Å²) in [5.74, 6) is 0.960. The predicted molar refractivity (Wildman–Crippen MR) is 82.8 cm³/mol. The summed E-state index contributed by atoms with van der Waals surface area (Å²) in [6.45, 7) is 10.3. The third-order valence-corrected chi connectivity index (χ3v) is 4.54. The lowest BCUT2D eigenvalue weighted by Crippen LogP contribution is -2.46. The second-order valence-corrected chi connectivity index (χ2v) is 7.57. The molecule has 4 nitrogen and oxygen atoms in total. The van der Waals surface area contributed by atoms with Crippen LogP contribution in [0.1, 0.15) is 66.7 Å². The summed E-state index contributed by atoms with van der Waals surface area (Å²) >= 11 is 0. The van der Waals surface area contributed by atoms with E-state index in [1.54, 1.807) is 0 Å². The molecule has 2 rings (SSSR count). The SMILES string of the molecule is CCC(C)C(NC1OC1OC(C)(C)C)C(=O)C1CCCC1. The van der Waals surface area contributed by atoms with Crippen molar-refractivity contribution in [3.8, 4) is 0 Å². The molecule has 122 valence electrons. The van der Waals surface area contributed by atoms with Gasteiger partial charge in [-0.25, -0.2) is 0 Å². The average Bonchev–Trinajstić information content (AvgIpc) is 2.92. The van der Waals surface area contributed by atoms with Crippen LogP contribution >= 0.6 is 0 Å².